The van der Waals surface area contributed by atoms with E-state index in [1.54, 1.807) is 6.92 Å². The molecule has 0 radical (unpaired) electrons. The predicted molar refractivity (Wildman–Crippen MR) is 95.8 cm³/mol. The van der Waals surface area contributed by atoms with E-state index in [0.717, 1.165) is 51.7 Å². The minimum absolute atomic E-state index is 0.0234. The number of carbonyl (C=O) groups is 2. The smallest absolute Gasteiger partial charge is 0.408 e. The first-order chi connectivity index (χ1) is 12.4. The highest BCUT2D eigenvalue weighted by atomic mass is 16.4. The number of hydrogen-bond acceptors (Lipinski definition) is 4. The number of amides is 2. The van der Waals surface area contributed by atoms with Crippen molar-refractivity contribution in [3.63, 3.8) is 0 Å². The molecule has 0 aromatic rings. The number of piperazine rings is 1. The van der Waals surface area contributed by atoms with E-state index in [1.165, 1.54) is 17.7 Å². The van der Waals surface area contributed by atoms with E-state index in [1.807, 2.05) is 4.90 Å². The van der Waals surface area contributed by atoms with Gasteiger partial charge < -0.3 is 20.0 Å². The second-order valence-electron chi connectivity index (χ2n) is 8.81. The van der Waals surface area contributed by atoms with Crippen molar-refractivity contribution < 1.29 is 19.8 Å². The third-order valence-corrected chi connectivity index (χ3v) is 7.33. The SMILES string of the molecule is C[C@H]1C(=O)N2C(CCN3CCC4(CC4)C(O)C3)CCC[C@@H]2CN1C(=O)O. The molecule has 4 atom stereocenters. The van der Waals surface area contributed by atoms with Crippen LogP contribution in [-0.2, 0) is 4.79 Å². The van der Waals surface area contributed by atoms with Crippen LogP contribution in [0, 0.1) is 5.41 Å². The van der Waals surface area contributed by atoms with E-state index in [0.29, 0.717) is 6.54 Å². The van der Waals surface area contributed by atoms with Gasteiger partial charge in [0.2, 0.25) is 5.91 Å². The van der Waals surface area contributed by atoms with Crippen LogP contribution in [0.4, 0.5) is 4.79 Å². The van der Waals surface area contributed by atoms with Crippen molar-refractivity contribution in [2.45, 2.75) is 76.1 Å². The normalized spacial score (nSPS) is 36.9. The summed E-state index contributed by atoms with van der Waals surface area (Å²) in [6.07, 6.45) is 6.11. The molecule has 1 spiro atoms. The zero-order valence-corrected chi connectivity index (χ0v) is 15.6. The van der Waals surface area contributed by atoms with Crippen LogP contribution < -0.4 is 0 Å². The minimum Gasteiger partial charge on any atom is -0.465 e. The molecule has 7 nitrogen and oxygen atoms in total. The number of rotatable bonds is 3. The average molecular weight is 365 g/mol. The van der Waals surface area contributed by atoms with Crippen LogP contribution in [0.25, 0.3) is 0 Å². The highest BCUT2D eigenvalue weighted by molar-refractivity contribution is 5.86. The van der Waals surface area contributed by atoms with Gasteiger partial charge in [-0.25, -0.2) is 4.79 Å². The standard InChI is InChI=1S/C19H31N3O4/c1-13-17(24)22-14(3-2-4-15(22)11-21(13)18(25)26)5-9-20-10-8-19(6-7-19)16(23)12-20/h13-16,23H,2-12H2,1H3,(H,25,26)/t13-,14?,15+,16?/m0/s1. The Hall–Kier alpha value is -1.34. The monoisotopic (exact) mass is 365 g/mol. The molecule has 146 valence electrons. The Morgan fingerprint density at radius 2 is 2.00 bits per heavy atom. The fraction of sp³-hybridized carbons (Fsp3) is 0.895. The number of carboxylic acid groups (broad SMARTS) is 1. The van der Waals surface area contributed by atoms with Crippen molar-refractivity contribution in [1.82, 2.24) is 14.7 Å². The molecule has 0 aromatic heterocycles. The Balaban J connectivity index is 1.36. The summed E-state index contributed by atoms with van der Waals surface area (Å²) in [7, 11) is 0. The molecule has 4 rings (SSSR count). The highest BCUT2D eigenvalue weighted by Crippen LogP contribution is 2.53. The van der Waals surface area contributed by atoms with Crippen LogP contribution in [0.15, 0.2) is 0 Å². The van der Waals surface area contributed by atoms with Crippen LogP contribution in [0.5, 0.6) is 0 Å². The summed E-state index contributed by atoms with van der Waals surface area (Å²) in [5.74, 6) is -0.0380. The number of β-amino-alcohol motifs (C(OH)–C–C–N with tert-alkyl or cyclic N) is 1. The quantitative estimate of drug-likeness (QED) is 0.789. The second-order valence-corrected chi connectivity index (χ2v) is 8.81. The maximum Gasteiger partial charge on any atom is 0.408 e. The molecule has 1 saturated carbocycles. The summed E-state index contributed by atoms with van der Waals surface area (Å²) in [6.45, 7) is 4.85. The van der Waals surface area contributed by atoms with E-state index in [-0.39, 0.29) is 29.5 Å². The summed E-state index contributed by atoms with van der Waals surface area (Å²) >= 11 is 0. The first-order valence-corrected chi connectivity index (χ1v) is 10.1. The van der Waals surface area contributed by atoms with E-state index >= 15 is 0 Å². The van der Waals surface area contributed by atoms with E-state index in [9.17, 15) is 19.8 Å². The fourth-order valence-electron chi connectivity index (χ4n) is 5.32. The van der Waals surface area contributed by atoms with Crippen LogP contribution in [-0.4, -0.2) is 87.3 Å². The lowest BCUT2D eigenvalue weighted by molar-refractivity contribution is -0.150. The molecule has 0 aromatic carbocycles. The van der Waals surface area contributed by atoms with Gasteiger partial charge in [0.25, 0.3) is 0 Å². The molecule has 4 aliphatic rings. The van der Waals surface area contributed by atoms with Crippen molar-refractivity contribution in [3.05, 3.63) is 0 Å². The van der Waals surface area contributed by atoms with Gasteiger partial charge in [0.1, 0.15) is 6.04 Å². The van der Waals surface area contributed by atoms with Gasteiger partial charge in [-0.2, -0.15) is 0 Å². The van der Waals surface area contributed by atoms with Crippen molar-refractivity contribution in [1.29, 1.82) is 0 Å². The zero-order valence-electron chi connectivity index (χ0n) is 15.6. The Kier molecular flexibility index (Phi) is 4.63. The first-order valence-electron chi connectivity index (χ1n) is 10.1. The highest BCUT2D eigenvalue weighted by Gasteiger charge is 2.51. The number of piperidine rings is 2. The van der Waals surface area contributed by atoms with Gasteiger partial charge in [-0.15, -0.1) is 0 Å². The fourth-order valence-corrected chi connectivity index (χ4v) is 5.32. The van der Waals surface area contributed by atoms with Crippen LogP contribution in [0.1, 0.15) is 51.9 Å². The molecule has 3 heterocycles. The molecule has 4 fully saturated rings. The maximum absolute atomic E-state index is 12.8. The van der Waals surface area contributed by atoms with Crippen LogP contribution in [0.3, 0.4) is 0 Å². The predicted octanol–water partition coefficient (Wildman–Crippen LogP) is 1.36. The van der Waals surface area contributed by atoms with Crippen molar-refractivity contribution in [2.75, 3.05) is 26.2 Å². The lowest BCUT2D eigenvalue weighted by Gasteiger charge is -2.50. The van der Waals surface area contributed by atoms with Crippen molar-refractivity contribution in [3.8, 4) is 0 Å². The van der Waals surface area contributed by atoms with Gasteiger partial charge in [-0.3, -0.25) is 9.69 Å². The number of aliphatic hydroxyl groups excluding tert-OH is 1. The number of nitrogens with zero attached hydrogens (tertiary/aromatic N) is 3. The Morgan fingerprint density at radius 3 is 2.65 bits per heavy atom. The molecule has 2 N–H and O–H groups in total. The minimum atomic E-state index is -0.996. The number of aliphatic hydroxyl groups is 1. The van der Waals surface area contributed by atoms with E-state index in [2.05, 4.69) is 4.90 Å². The van der Waals surface area contributed by atoms with Crippen LogP contribution in [0.2, 0.25) is 0 Å². The first kappa shape index (κ1) is 18.0. The molecule has 1 aliphatic carbocycles. The second kappa shape index (κ2) is 6.68. The summed E-state index contributed by atoms with van der Waals surface area (Å²) < 4.78 is 0. The number of hydrogen-bond donors (Lipinski definition) is 2. The third-order valence-electron chi connectivity index (χ3n) is 7.33. The van der Waals surface area contributed by atoms with Gasteiger partial charge >= 0.3 is 6.09 Å². The van der Waals surface area contributed by atoms with Gasteiger partial charge in [-0.05, 0) is 63.8 Å². The Labute approximate surface area is 154 Å². The van der Waals surface area contributed by atoms with Gasteiger partial charge in [-0.1, -0.05) is 0 Å². The zero-order chi connectivity index (χ0) is 18.5. The Bertz CT molecular complexity index is 579. The number of likely N-dealkylation sites (tertiary alicyclic amines) is 1. The maximum atomic E-state index is 12.8. The van der Waals surface area contributed by atoms with E-state index in [4.69, 9.17) is 0 Å². The molecule has 0 bridgehead atoms. The molecule has 2 amide bonds. The summed E-state index contributed by atoms with van der Waals surface area (Å²) in [6, 6.07) is -0.361. The van der Waals surface area contributed by atoms with Crippen molar-refractivity contribution in [2.24, 2.45) is 5.41 Å². The molecule has 2 unspecified atom stereocenters. The molecule has 3 saturated heterocycles. The molecule has 26 heavy (non-hydrogen) atoms. The summed E-state index contributed by atoms with van der Waals surface area (Å²) in [4.78, 5) is 29.9. The Morgan fingerprint density at radius 1 is 1.23 bits per heavy atom. The summed E-state index contributed by atoms with van der Waals surface area (Å²) in [5.41, 5.74) is 0.227. The lowest BCUT2D eigenvalue weighted by Crippen LogP contribution is -2.65. The summed E-state index contributed by atoms with van der Waals surface area (Å²) in [5, 5.41) is 19.7. The third kappa shape index (κ3) is 3.09. The molecule has 3 aliphatic heterocycles. The average Bonchev–Trinajstić information content (AvgIpc) is 3.39. The number of fused-ring (bicyclic) bond motifs is 1. The van der Waals surface area contributed by atoms with Crippen LogP contribution >= 0.6 is 0 Å². The van der Waals surface area contributed by atoms with Gasteiger partial charge in [0.15, 0.2) is 0 Å². The van der Waals surface area contributed by atoms with E-state index < -0.39 is 12.1 Å². The molecular weight excluding hydrogens is 334 g/mol. The van der Waals surface area contributed by atoms with Crippen molar-refractivity contribution >= 4 is 12.0 Å². The van der Waals surface area contributed by atoms with Gasteiger partial charge in [0, 0.05) is 31.7 Å². The molecule has 7 heteroatoms. The largest absolute Gasteiger partial charge is 0.465 e. The molecular formula is C19H31N3O4. The lowest BCUT2D eigenvalue weighted by atomic mass is 9.88. The van der Waals surface area contributed by atoms with Gasteiger partial charge in [0.05, 0.1) is 6.10 Å². The number of carbonyl (C=O) groups excluding carboxylic acids is 1. The topological polar surface area (TPSA) is 84.3 Å².